The minimum absolute atomic E-state index is 0.121. The monoisotopic (exact) mass is 349 g/mol. The molecule has 1 aromatic rings. The van der Waals surface area contributed by atoms with Gasteiger partial charge in [0.05, 0.1) is 5.56 Å². The third-order valence-corrected chi connectivity index (χ3v) is 4.32. The number of hydrogen-bond donors (Lipinski definition) is 1. The molecule has 1 N–H and O–H groups in total. The molecule has 0 saturated heterocycles. The van der Waals surface area contributed by atoms with Crippen LogP contribution in [0.3, 0.4) is 0 Å². The van der Waals surface area contributed by atoms with Gasteiger partial charge in [0.2, 0.25) is 0 Å². The summed E-state index contributed by atoms with van der Waals surface area (Å²) in [5, 5.41) is 3.10. The number of alkyl halides is 3. The van der Waals surface area contributed by atoms with Gasteiger partial charge < -0.3 is 5.32 Å². The highest BCUT2D eigenvalue weighted by atomic mass is 79.9. The lowest BCUT2D eigenvalue weighted by atomic mass is 9.80. The van der Waals surface area contributed by atoms with Crippen LogP contribution in [0.15, 0.2) is 22.7 Å². The van der Waals surface area contributed by atoms with Crippen LogP contribution in [0.1, 0.15) is 38.7 Å². The van der Waals surface area contributed by atoms with Crippen LogP contribution in [0.2, 0.25) is 0 Å². The van der Waals surface area contributed by atoms with Crippen LogP contribution in [-0.2, 0) is 6.18 Å². The van der Waals surface area contributed by atoms with Gasteiger partial charge in [0.1, 0.15) is 0 Å². The van der Waals surface area contributed by atoms with Crippen LogP contribution < -0.4 is 5.32 Å². The first-order valence-corrected chi connectivity index (χ1v) is 7.68. The lowest BCUT2D eigenvalue weighted by Crippen LogP contribution is -2.31. The molecule has 20 heavy (non-hydrogen) atoms. The number of nitrogens with one attached hydrogen (secondary N) is 1. The highest BCUT2D eigenvalue weighted by molar-refractivity contribution is 9.10. The predicted molar refractivity (Wildman–Crippen MR) is 78.7 cm³/mol. The van der Waals surface area contributed by atoms with Gasteiger partial charge in [0.25, 0.3) is 0 Å². The highest BCUT2D eigenvalue weighted by Gasteiger charge is 2.34. The molecule has 1 aliphatic carbocycles. The number of anilines is 1. The van der Waals surface area contributed by atoms with Gasteiger partial charge in [-0.05, 0) is 49.3 Å². The largest absolute Gasteiger partial charge is 0.418 e. The molecule has 0 spiro atoms. The van der Waals surface area contributed by atoms with E-state index in [1.54, 1.807) is 6.07 Å². The fourth-order valence-corrected chi connectivity index (χ4v) is 3.52. The number of rotatable bonds is 2. The molecule has 5 heteroatoms. The molecule has 0 bridgehead atoms. The molecule has 112 valence electrons. The Bertz CT molecular complexity index is 463. The van der Waals surface area contributed by atoms with Crippen LogP contribution in [0.5, 0.6) is 0 Å². The molecule has 0 amide bonds. The molecule has 1 nitrogen and oxygen atoms in total. The van der Waals surface area contributed by atoms with Gasteiger partial charge in [-0.2, -0.15) is 13.2 Å². The topological polar surface area (TPSA) is 12.0 Å². The highest BCUT2D eigenvalue weighted by Crippen LogP contribution is 2.38. The first-order chi connectivity index (χ1) is 9.25. The van der Waals surface area contributed by atoms with E-state index in [0.29, 0.717) is 16.3 Å². The van der Waals surface area contributed by atoms with Crippen molar-refractivity contribution in [2.45, 2.75) is 45.3 Å². The summed E-state index contributed by atoms with van der Waals surface area (Å²) in [5.74, 6) is 1.11. The Hall–Kier alpha value is -0.710. The zero-order chi connectivity index (χ0) is 14.9. The van der Waals surface area contributed by atoms with Crippen molar-refractivity contribution >= 4 is 21.6 Å². The Kier molecular flexibility index (Phi) is 4.67. The molecule has 2 unspecified atom stereocenters. The lowest BCUT2D eigenvalue weighted by molar-refractivity contribution is -0.137. The summed E-state index contributed by atoms with van der Waals surface area (Å²) in [5.41, 5.74) is -0.412. The summed E-state index contributed by atoms with van der Waals surface area (Å²) >= 11 is 3.11. The Balaban J connectivity index is 2.21. The minimum Gasteiger partial charge on any atom is -0.382 e. The second-order valence-corrected chi connectivity index (χ2v) is 6.86. The van der Waals surface area contributed by atoms with Gasteiger partial charge >= 0.3 is 6.18 Å². The van der Waals surface area contributed by atoms with E-state index < -0.39 is 11.7 Å². The quantitative estimate of drug-likeness (QED) is 0.721. The molecule has 1 aromatic carbocycles. The van der Waals surface area contributed by atoms with Crippen molar-refractivity contribution in [3.8, 4) is 0 Å². The molecule has 1 fully saturated rings. The summed E-state index contributed by atoms with van der Waals surface area (Å²) in [4.78, 5) is 0. The van der Waals surface area contributed by atoms with Gasteiger partial charge in [-0.3, -0.25) is 0 Å². The second-order valence-electron chi connectivity index (χ2n) is 5.95. The Morgan fingerprint density at radius 3 is 2.25 bits per heavy atom. The van der Waals surface area contributed by atoms with E-state index in [4.69, 9.17) is 0 Å². The van der Waals surface area contributed by atoms with E-state index in [1.165, 1.54) is 6.07 Å². The maximum atomic E-state index is 13.1. The van der Waals surface area contributed by atoms with Gasteiger partial charge in [0.15, 0.2) is 0 Å². The van der Waals surface area contributed by atoms with E-state index in [0.717, 1.165) is 25.3 Å². The predicted octanol–water partition coefficient (Wildman–Crippen LogP) is 5.70. The fourth-order valence-electron chi connectivity index (χ4n) is 3.16. The normalized spacial score (nSPS) is 27.4. The van der Waals surface area contributed by atoms with E-state index in [9.17, 15) is 13.2 Å². The molecule has 0 aliphatic heterocycles. The van der Waals surface area contributed by atoms with Crippen molar-refractivity contribution < 1.29 is 13.2 Å². The van der Waals surface area contributed by atoms with Crippen molar-refractivity contribution in [2.24, 2.45) is 11.8 Å². The Labute approximate surface area is 126 Å². The van der Waals surface area contributed by atoms with Gasteiger partial charge in [-0.1, -0.05) is 29.8 Å². The average Bonchev–Trinajstić information content (AvgIpc) is 2.28. The Morgan fingerprint density at radius 2 is 1.70 bits per heavy atom. The number of hydrogen-bond acceptors (Lipinski definition) is 1. The van der Waals surface area contributed by atoms with Crippen LogP contribution in [0.25, 0.3) is 0 Å². The molecular weight excluding hydrogens is 331 g/mol. The standard InChI is InChI=1S/C15H19BrF3N/c1-9-5-10(2)7-12(6-9)20-14-4-3-11(16)8-13(14)15(17,18)19/h3-4,8-10,12,20H,5-7H2,1-2H3. The average molecular weight is 350 g/mol. The summed E-state index contributed by atoms with van der Waals surface area (Å²) in [7, 11) is 0. The summed E-state index contributed by atoms with van der Waals surface area (Å²) in [6.07, 6.45) is -1.32. The number of halogens is 4. The smallest absolute Gasteiger partial charge is 0.382 e. The molecule has 1 saturated carbocycles. The minimum atomic E-state index is -4.34. The zero-order valence-electron chi connectivity index (χ0n) is 11.6. The molecule has 0 aromatic heterocycles. The van der Waals surface area contributed by atoms with Crippen molar-refractivity contribution in [2.75, 3.05) is 5.32 Å². The van der Waals surface area contributed by atoms with Crippen molar-refractivity contribution in [1.82, 2.24) is 0 Å². The third kappa shape index (κ3) is 3.90. The van der Waals surface area contributed by atoms with Gasteiger partial charge in [0, 0.05) is 16.2 Å². The lowest BCUT2D eigenvalue weighted by Gasteiger charge is -2.33. The third-order valence-electron chi connectivity index (χ3n) is 3.83. The maximum absolute atomic E-state index is 13.1. The van der Waals surface area contributed by atoms with Crippen LogP contribution in [0, 0.1) is 11.8 Å². The zero-order valence-corrected chi connectivity index (χ0v) is 13.2. The van der Waals surface area contributed by atoms with Crippen molar-refractivity contribution in [3.63, 3.8) is 0 Å². The van der Waals surface area contributed by atoms with Crippen LogP contribution in [-0.4, -0.2) is 6.04 Å². The van der Waals surface area contributed by atoms with Gasteiger partial charge in [-0.15, -0.1) is 0 Å². The van der Waals surface area contributed by atoms with E-state index in [2.05, 4.69) is 35.1 Å². The summed E-state index contributed by atoms with van der Waals surface area (Å²) in [6.45, 7) is 4.33. The second kappa shape index (κ2) is 5.96. The number of benzene rings is 1. The molecule has 1 aliphatic rings. The van der Waals surface area contributed by atoms with Crippen LogP contribution in [0.4, 0.5) is 18.9 Å². The molecule has 0 heterocycles. The van der Waals surface area contributed by atoms with E-state index in [1.807, 2.05) is 0 Å². The molecule has 2 atom stereocenters. The molecule has 0 radical (unpaired) electrons. The fraction of sp³-hybridized carbons (Fsp3) is 0.600. The Morgan fingerprint density at radius 1 is 1.10 bits per heavy atom. The first-order valence-electron chi connectivity index (χ1n) is 6.89. The van der Waals surface area contributed by atoms with Crippen LogP contribution >= 0.6 is 15.9 Å². The summed E-state index contributed by atoms with van der Waals surface area (Å²) < 4.78 is 39.7. The van der Waals surface area contributed by atoms with Gasteiger partial charge in [-0.25, -0.2) is 0 Å². The van der Waals surface area contributed by atoms with E-state index >= 15 is 0 Å². The summed E-state index contributed by atoms with van der Waals surface area (Å²) in [6, 6.07) is 4.42. The molecule has 2 rings (SSSR count). The SMILES string of the molecule is CC1CC(C)CC(Nc2ccc(Br)cc2C(F)(F)F)C1. The van der Waals surface area contributed by atoms with E-state index in [-0.39, 0.29) is 11.7 Å². The molecular formula is C15H19BrF3N. The first kappa shape index (κ1) is 15.7. The van der Waals surface area contributed by atoms with Crippen molar-refractivity contribution in [1.29, 1.82) is 0 Å². The van der Waals surface area contributed by atoms with Crippen molar-refractivity contribution in [3.05, 3.63) is 28.2 Å². The maximum Gasteiger partial charge on any atom is 0.418 e.